The number of amides is 2. The molecule has 0 spiro atoms. The Kier molecular flexibility index (Phi) is 6.32. The van der Waals surface area contributed by atoms with Gasteiger partial charge in [-0.1, -0.05) is 35.9 Å². The number of carbonyl (C=O) groups excluding carboxylic acids is 2. The number of benzene rings is 2. The van der Waals surface area contributed by atoms with E-state index in [4.69, 9.17) is 5.10 Å². The second kappa shape index (κ2) is 9.56. The van der Waals surface area contributed by atoms with Gasteiger partial charge in [-0.2, -0.15) is 5.10 Å². The van der Waals surface area contributed by atoms with Gasteiger partial charge >= 0.3 is 0 Å². The van der Waals surface area contributed by atoms with Gasteiger partial charge in [-0.15, -0.1) is 0 Å². The predicted molar refractivity (Wildman–Crippen MR) is 137 cm³/mol. The SMILES string of the molecule is CCn1nc(C(=O)N2CCN(c3ccccc3)CC2)c2c1CCN(C(=O)c1cc(C)ccc1C)C2. The molecule has 35 heavy (non-hydrogen) atoms. The highest BCUT2D eigenvalue weighted by atomic mass is 16.2. The first-order chi connectivity index (χ1) is 17.0. The van der Waals surface area contributed by atoms with E-state index in [0.29, 0.717) is 44.8 Å². The van der Waals surface area contributed by atoms with Crippen LogP contribution in [-0.2, 0) is 19.5 Å². The van der Waals surface area contributed by atoms with Crippen molar-refractivity contribution in [2.75, 3.05) is 37.6 Å². The van der Waals surface area contributed by atoms with E-state index < -0.39 is 0 Å². The van der Waals surface area contributed by atoms with Crippen LogP contribution >= 0.6 is 0 Å². The van der Waals surface area contributed by atoms with E-state index >= 15 is 0 Å². The molecule has 2 aromatic carbocycles. The Morgan fingerprint density at radius 3 is 2.34 bits per heavy atom. The molecule has 182 valence electrons. The van der Waals surface area contributed by atoms with Crippen molar-refractivity contribution in [1.29, 1.82) is 0 Å². The maximum atomic E-state index is 13.6. The number of aryl methyl sites for hydroxylation is 3. The average Bonchev–Trinajstić information content (AvgIpc) is 3.28. The number of fused-ring (bicyclic) bond motifs is 1. The van der Waals surface area contributed by atoms with Gasteiger partial charge in [-0.3, -0.25) is 14.3 Å². The number of rotatable bonds is 4. The topological polar surface area (TPSA) is 61.7 Å². The Morgan fingerprint density at radius 2 is 1.63 bits per heavy atom. The van der Waals surface area contributed by atoms with Crippen LogP contribution in [0.1, 0.15) is 50.2 Å². The number of para-hydroxylation sites is 1. The van der Waals surface area contributed by atoms with Crippen molar-refractivity contribution >= 4 is 17.5 Å². The third kappa shape index (κ3) is 4.43. The summed E-state index contributed by atoms with van der Waals surface area (Å²) in [5.41, 5.74) is 6.47. The van der Waals surface area contributed by atoms with Crippen molar-refractivity contribution in [2.24, 2.45) is 0 Å². The lowest BCUT2D eigenvalue weighted by Gasteiger charge is -2.36. The van der Waals surface area contributed by atoms with E-state index in [0.717, 1.165) is 41.0 Å². The molecule has 1 saturated heterocycles. The molecule has 0 radical (unpaired) electrons. The average molecular weight is 472 g/mol. The highest BCUT2D eigenvalue weighted by Crippen LogP contribution is 2.27. The molecule has 0 atom stereocenters. The van der Waals surface area contributed by atoms with Crippen molar-refractivity contribution < 1.29 is 9.59 Å². The first-order valence-electron chi connectivity index (χ1n) is 12.5. The van der Waals surface area contributed by atoms with Crippen LogP contribution < -0.4 is 4.90 Å². The van der Waals surface area contributed by atoms with Crippen molar-refractivity contribution in [3.63, 3.8) is 0 Å². The minimum absolute atomic E-state index is 0.0240. The molecule has 0 saturated carbocycles. The monoisotopic (exact) mass is 471 g/mol. The Hall–Kier alpha value is -3.61. The van der Waals surface area contributed by atoms with Gasteiger partial charge in [0.2, 0.25) is 0 Å². The summed E-state index contributed by atoms with van der Waals surface area (Å²) in [6.45, 7) is 10.7. The van der Waals surface area contributed by atoms with Crippen molar-refractivity contribution in [1.82, 2.24) is 19.6 Å². The molecule has 5 rings (SSSR count). The zero-order chi connectivity index (χ0) is 24.5. The maximum Gasteiger partial charge on any atom is 0.274 e. The molecule has 3 aromatic rings. The summed E-state index contributed by atoms with van der Waals surface area (Å²) in [7, 11) is 0. The van der Waals surface area contributed by atoms with E-state index in [-0.39, 0.29) is 11.8 Å². The molecule has 2 aliphatic heterocycles. The summed E-state index contributed by atoms with van der Waals surface area (Å²) in [5.74, 6) is -0.00169. The Bertz CT molecular complexity index is 1240. The standard InChI is InChI=1S/C28H33N5O2/c1-4-33-25-12-13-32(27(34)23-18-20(2)10-11-21(23)3)19-24(25)26(29-33)28(35)31-16-14-30(15-17-31)22-8-6-5-7-9-22/h5-11,18H,4,12-17,19H2,1-3H3. The summed E-state index contributed by atoms with van der Waals surface area (Å²) in [4.78, 5) is 33.1. The number of aromatic nitrogens is 2. The maximum absolute atomic E-state index is 13.6. The number of hydrogen-bond acceptors (Lipinski definition) is 4. The quantitative estimate of drug-likeness (QED) is 0.582. The second-order valence-electron chi connectivity index (χ2n) is 9.50. The zero-order valence-electron chi connectivity index (χ0n) is 20.8. The third-order valence-corrected chi connectivity index (χ3v) is 7.24. The fourth-order valence-electron chi connectivity index (χ4n) is 5.19. The third-order valence-electron chi connectivity index (χ3n) is 7.24. The minimum atomic E-state index is -0.0257. The Morgan fingerprint density at radius 1 is 0.886 bits per heavy atom. The number of hydrogen-bond donors (Lipinski definition) is 0. The molecule has 3 heterocycles. The summed E-state index contributed by atoms with van der Waals surface area (Å²) in [5, 5.41) is 4.73. The molecular formula is C28H33N5O2. The Balaban J connectivity index is 1.35. The molecule has 0 bridgehead atoms. The molecule has 0 aliphatic carbocycles. The molecule has 2 aliphatic rings. The normalized spacial score (nSPS) is 15.8. The molecule has 2 amide bonds. The van der Waals surface area contributed by atoms with Crippen molar-refractivity contribution in [3.8, 4) is 0 Å². The number of piperazine rings is 1. The van der Waals surface area contributed by atoms with Crippen LogP contribution in [0.15, 0.2) is 48.5 Å². The van der Waals surface area contributed by atoms with E-state index in [1.54, 1.807) is 0 Å². The van der Waals surface area contributed by atoms with Crippen LogP contribution in [0.2, 0.25) is 0 Å². The first-order valence-corrected chi connectivity index (χ1v) is 12.5. The summed E-state index contributed by atoms with van der Waals surface area (Å²) < 4.78 is 1.95. The van der Waals surface area contributed by atoms with Gasteiger partial charge in [0.1, 0.15) is 0 Å². The fourth-order valence-corrected chi connectivity index (χ4v) is 5.19. The zero-order valence-corrected chi connectivity index (χ0v) is 20.8. The van der Waals surface area contributed by atoms with Gasteiger partial charge < -0.3 is 14.7 Å². The van der Waals surface area contributed by atoms with Gasteiger partial charge in [0, 0.05) is 68.2 Å². The van der Waals surface area contributed by atoms with E-state index in [2.05, 4.69) is 17.0 Å². The molecule has 0 unspecified atom stereocenters. The fraction of sp³-hybridized carbons (Fsp3) is 0.393. The molecule has 1 aromatic heterocycles. The van der Waals surface area contributed by atoms with Crippen LogP contribution in [0.4, 0.5) is 5.69 Å². The Labute approximate surface area is 206 Å². The van der Waals surface area contributed by atoms with Gasteiger partial charge in [0.05, 0.1) is 6.54 Å². The molecule has 7 heteroatoms. The van der Waals surface area contributed by atoms with Crippen LogP contribution in [-0.4, -0.2) is 64.1 Å². The van der Waals surface area contributed by atoms with Gasteiger partial charge in [0.15, 0.2) is 5.69 Å². The predicted octanol–water partition coefficient (Wildman–Crippen LogP) is 3.68. The lowest BCUT2D eigenvalue weighted by atomic mass is 10.0. The summed E-state index contributed by atoms with van der Waals surface area (Å²) >= 11 is 0. The minimum Gasteiger partial charge on any atom is -0.368 e. The molecule has 1 fully saturated rings. The molecule has 0 N–H and O–H groups in total. The summed E-state index contributed by atoms with van der Waals surface area (Å²) in [6, 6.07) is 16.3. The number of anilines is 1. The van der Waals surface area contributed by atoms with E-state index in [1.165, 1.54) is 5.69 Å². The highest BCUT2D eigenvalue weighted by Gasteiger charge is 2.33. The van der Waals surface area contributed by atoms with Crippen molar-refractivity contribution in [2.45, 2.75) is 40.3 Å². The molecule has 7 nitrogen and oxygen atoms in total. The number of carbonyl (C=O) groups is 2. The van der Waals surface area contributed by atoms with Gasteiger partial charge in [-0.05, 0) is 44.5 Å². The highest BCUT2D eigenvalue weighted by molar-refractivity contribution is 5.97. The van der Waals surface area contributed by atoms with Gasteiger partial charge in [-0.25, -0.2) is 0 Å². The molecular weight excluding hydrogens is 438 g/mol. The van der Waals surface area contributed by atoms with E-state index in [9.17, 15) is 9.59 Å². The lowest BCUT2D eigenvalue weighted by Crippen LogP contribution is -2.49. The van der Waals surface area contributed by atoms with Crippen LogP contribution in [0.3, 0.4) is 0 Å². The number of nitrogens with zero attached hydrogens (tertiary/aromatic N) is 5. The van der Waals surface area contributed by atoms with Crippen LogP contribution in [0.25, 0.3) is 0 Å². The first kappa shape index (κ1) is 23.1. The second-order valence-corrected chi connectivity index (χ2v) is 9.50. The largest absolute Gasteiger partial charge is 0.368 e. The lowest BCUT2D eigenvalue weighted by molar-refractivity contribution is 0.0709. The smallest absolute Gasteiger partial charge is 0.274 e. The van der Waals surface area contributed by atoms with Crippen LogP contribution in [0, 0.1) is 13.8 Å². The van der Waals surface area contributed by atoms with Crippen molar-refractivity contribution in [3.05, 3.63) is 82.2 Å². The van der Waals surface area contributed by atoms with Crippen LogP contribution in [0.5, 0.6) is 0 Å². The van der Waals surface area contributed by atoms with Gasteiger partial charge in [0.25, 0.3) is 11.8 Å². The van der Waals surface area contributed by atoms with E-state index in [1.807, 2.05) is 71.7 Å². The summed E-state index contributed by atoms with van der Waals surface area (Å²) in [6.07, 6.45) is 0.710.